The average molecular weight is 827 g/mol. The van der Waals surface area contributed by atoms with E-state index in [2.05, 4.69) is 10.4 Å². The molecule has 13 atom stereocenters. The van der Waals surface area contributed by atoms with Crippen LogP contribution in [0.5, 0.6) is 5.75 Å². The Morgan fingerprint density at radius 1 is 1.02 bits per heavy atom. The van der Waals surface area contributed by atoms with Crippen LogP contribution in [-0.4, -0.2) is 132 Å². The number of rotatable bonds is 11. The fourth-order valence-corrected chi connectivity index (χ4v) is 9.60. The lowest BCUT2D eigenvalue weighted by Gasteiger charge is -2.47. The molecule has 0 saturated carbocycles. The van der Waals surface area contributed by atoms with Crippen LogP contribution in [0.4, 0.5) is 4.79 Å². The number of ketones is 2. The van der Waals surface area contributed by atoms with Crippen LogP contribution in [-0.2, 0) is 44.5 Å². The molecule has 1 amide bonds. The smallest absolute Gasteiger partial charge is 0.425 e. The van der Waals surface area contributed by atoms with Gasteiger partial charge in [-0.3, -0.25) is 19.4 Å². The highest BCUT2D eigenvalue weighted by Crippen LogP contribution is 2.42. The minimum atomic E-state index is -1.47. The number of hydrazine groups is 1. The first-order chi connectivity index (χ1) is 27.8. The van der Waals surface area contributed by atoms with Gasteiger partial charge in [-0.2, -0.15) is 0 Å². The van der Waals surface area contributed by atoms with Crippen molar-refractivity contribution in [2.24, 2.45) is 23.7 Å². The molecule has 4 heterocycles. The third-order valence-corrected chi connectivity index (χ3v) is 13.0. The van der Waals surface area contributed by atoms with Crippen LogP contribution < -0.4 is 10.2 Å². The van der Waals surface area contributed by atoms with Crippen molar-refractivity contribution in [1.82, 2.24) is 20.3 Å². The van der Waals surface area contributed by atoms with Gasteiger partial charge in [-0.1, -0.05) is 39.8 Å². The summed E-state index contributed by atoms with van der Waals surface area (Å²) in [6.07, 6.45) is -1.28. The van der Waals surface area contributed by atoms with Crippen molar-refractivity contribution in [3.8, 4) is 5.75 Å². The summed E-state index contributed by atoms with van der Waals surface area (Å²) in [4.78, 5) is 63.3. The van der Waals surface area contributed by atoms with Crippen LogP contribution in [0, 0.1) is 23.7 Å². The maximum Gasteiger partial charge on any atom is 0.425 e. The fourth-order valence-electron chi connectivity index (χ4n) is 9.60. The van der Waals surface area contributed by atoms with Crippen molar-refractivity contribution in [2.45, 2.75) is 141 Å². The molecule has 15 heteroatoms. The average Bonchev–Trinajstić information content (AvgIpc) is 3.47. The number of pyridine rings is 1. The highest BCUT2D eigenvalue weighted by atomic mass is 16.7. The molecule has 3 aliphatic rings. The number of likely N-dealkylation sites (N-methyl/N-ethyl adjacent to an activating group) is 1. The molecule has 2 aromatic rings. The number of nitrogens with zero attached hydrogens (tertiary/aromatic N) is 3. The maximum atomic E-state index is 14.7. The molecule has 59 heavy (non-hydrogen) atoms. The molecule has 1 aromatic heterocycles. The molecule has 0 radical (unpaired) electrons. The van der Waals surface area contributed by atoms with Gasteiger partial charge in [0.25, 0.3) is 0 Å². The predicted molar refractivity (Wildman–Crippen MR) is 219 cm³/mol. The zero-order chi connectivity index (χ0) is 43.6. The Labute approximate surface area is 348 Å². The Morgan fingerprint density at radius 3 is 2.37 bits per heavy atom. The number of amides is 1. The van der Waals surface area contributed by atoms with Gasteiger partial charge in [0.05, 0.1) is 24.9 Å². The third-order valence-electron chi connectivity index (χ3n) is 13.0. The number of aliphatic hydroxyl groups excluding tert-OH is 1. The number of carbonyl (C=O) groups excluding carboxylic acids is 4. The number of fused-ring (bicyclic) bond motifs is 2. The SMILES string of the molecule is CC[C@H]1OC(=O)[C@H](C)C(=O)[C@H](C)[C@@H](O[C@@H]2O[C@H](C)C[C@H](N(C)C)[C@H]2O)[C@](C)(OC)C[C@@H](C)C(=O)[C@H](C)[C@H]2N(NCCCc3ccnc4c(OC)cccc34)C(=O)O[C@]12C. The number of aromatic nitrogens is 1. The van der Waals surface area contributed by atoms with Gasteiger partial charge in [0.15, 0.2) is 17.7 Å². The molecular weight excluding hydrogens is 761 g/mol. The molecule has 2 N–H and O–H groups in total. The number of nitrogens with one attached hydrogen (secondary N) is 1. The van der Waals surface area contributed by atoms with Crippen molar-refractivity contribution < 1.29 is 52.7 Å². The number of para-hydroxylation sites is 1. The summed E-state index contributed by atoms with van der Waals surface area (Å²) in [6.45, 7) is 14.2. The number of cyclic esters (lactones) is 1. The molecule has 328 valence electrons. The molecule has 15 nitrogen and oxygen atoms in total. The maximum absolute atomic E-state index is 14.7. The second-order valence-corrected chi connectivity index (χ2v) is 17.4. The summed E-state index contributed by atoms with van der Waals surface area (Å²) in [5.74, 6) is -4.47. The molecule has 0 bridgehead atoms. The summed E-state index contributed by atoms with van der Waals surface area (Å²) in [7, 11) is 6.84. The van der Waals surface area contributed by atoms with Gasteiger partial charge in [0.2, 0.25) is 0 Å². The van der Waals surface area contributed by atoms with Gasteiger partial charge in [-0.15, -0.1) is 0 Å². The van der Waals surface area contributed by atoms with Gasteiger partial charge < -0.3 is 38.4 Å². The van der Waals surface area contributed by atoms with E-state index in [-0.39, 0.29) is 30.8 Å². The number of methoxy groups -OCH3 is 2. The zero-order valence-electron chi connectivity index (χ0n) is 36.9. The number of esters is 1. The number of hydrogen-bond acceptors (Lipinski definition) is 14. The molecule has 3 saturated heterocycles. The first-order valence-corrected chi connectivity index (χ1v) is 21.0. The Bertz CT molecular complexity index is 1830. The summed E-state index contributed by atoms with van der Waals surface area (Å²) < 4.78 is 36.7. The van der Waals surface area contributed by atoms with Crippen LogP contribution in [0.1, 0.15) is 86.6 Å². The first-order valence-electron chi connectivity index (χ1n) is 21.0. The van der Waals surface area contributed by atoms with E-state index < -0.39 is 83.4 Å². The standard InChI is InChI=1S/C44H66N4O11/c1-13-33-44(8)38(48(42(53)59-44)46-20-15-16-29-19-21-45-34-30(29)17-14-18-32(34)54-11)26(4)35(49)24(2)23-43(7,55-12)39(27(5)36(50)28(6)40(52)57-33)58-41-37(51)31(47(9)10)22-25(3)56-41/h14,17-19,21,24-28,31,33,37-39,41,46,51H,13,15-16,20,22-23H2,1-12H3/t24-,25-,26+,27+,28-,31+,33-,37-,38-,39-,41+,43-,44-/m1/s1. The molecule has 3 fully saturated rings. The topological polar surface area (TPSA) is 175 Å². The molecule has 5 rings (SSSR count). The lowest BCUT2D eigenvalue weighted by atomic mass is 9.73. The normalized spacial score (nSPS) is 36.3. The summed E-state index contributed by atoms with van der Waals surface area (Å²) in [5.41, 5.74) is 2.34. The van der Waals surface area contributed by atoms with Crippen LogP contribution in [0.15, 0.2) is 30.5 Å². The van der Waals surface area contributed by atoms with E-state index in [1.165, 1.54) is 19.0 Å². The van der Waals surface area contributed by atoms with Crippen LogP contribution >= 0.6 is 0 Å². The number of aliphatic hydroxyl groups is 1. The van der Waals surface area contributed by atoms with E-state index in [0.29, 0.717) is 31.6 Å². The van der Waals surface area contributed by atoms with Gasteiger partial charge in [-0.25, -0.2) is 15.2 Å². The minimum absolute atomic E-state index is 0.108. The zero-order valence-corrected chi connectivity index (χ0v) is 36.9. The molecule has 0 aliphatic carbocycles. The van der Waals surface area contributed by atoms with Gasteiger partial charge in [-0.05, 0) is 91.6 Å². The van der Waals surface area contributed by atoms with E-state index >= 15 is 0 Å². The minimum Gasteiger partial charge on any atom is -0.494 e. The second kappa shape index (κ2) is 18.9. The summed E-state index contributed by atoms with van der Waals surface area (Å²) >= 11 is 0. The fraction of sp³-hybridized carbons (Fsp3) is 0.705. The molecule has 0 spiro atoms. The van der Waals surface area contributed by atoms with Gasteiger partial charge >= 0.3 is 12.1 Å². The number of ether oxygens (including phenoxy) is 6. The Kier molecular flexibility index (Phi) is 14.8. The van der Waals surface area contributed by atoms with Crippen LogP contribution in [0.25, 0.3) is 10.9 Å². The molecule has 3 aliphatic heterocycles. The first kappa shape index (κ1) is 46.3. The van der Waals surface area contributed by atoms with Crippen molar-refractivity contribution in [3.05, 3.63) is 36.0 Å². The lowest BCUT2D eigenvalue weighted by molar-refractivity contribution is -0.295. The third kappa shape index (κ3) is 9.30. The Morgan fingerprint density at radius 2 is 1.73 bits per heavy atom. The molecule has 1 aromatic carbocycles. The van der Waals surface area contributed by atoms with Crippen LogP contribution in [0.2, 0.25) is 0 Å². The van der Waals surface area contributed by atoms with E-state index in [1.807, 2.05) is 50.2 Å². The van der Waals surface area contributed by atoms with Gasteiger partial charge in [0.1, 0.15) is 41.2 Å². The second-order valence-electron chi connectivity index (χ2n) is 17.4. The number of carbonyl (C=O) groups is 4. The van der Waals surface area contributed by atoms with Crippen molar-refractivity contribution >= 4 is 34.5 Å². The van der Waals surface area contributed by atoms with Crippen molar-refractivity contribution in [3.63, 3.8) is 0 Å². The Balaban J connectivity index is 1.46. The number of Topliss-reactive ketones (excluding diaryl/α,β-unsaturated/α-hetero) is 2. The van der Waals surface area contributed by atoms with Crippen LogP contribution in [0.3, 0.4) is 0 Å². The highest BCUT2D eigenvalue weighted by molar-refractivity contribution is 6.00. The van der Waals surface area contributed by atoms with E-state index in [4.69, 9.17) is 28.4 Å². The lowest BCUT2D eigenvalue weighted by Crippen LogP contribution is -2.61. The highest BCUT2D eigenvalue weighted by Gasteiger charge is 2.61. The Hall–Kier alpha value is -3.73. The van der Waals surface area contributed by atoms with E-state index in [0.717, 1.165) is 16.5 Å². The number of aryl methyl sites for hydroxylation is 1. The molecular formula is C44H66N4O11. The van der Waals surface area contributed by atoms with E-state index in [1.54, 1.807) is 54.8 Å². The predicted octanol–water partition coefficient (Wildman–Crippen LogP) is 4.88. The monoisotopic (exact) mass is 826 g/mol. The van der Waals surface area contributed by atoms with Crippen molar-refractivity contribution in [2.75, 3.05) is 34.9 Å². The summed E-state index contributed by atoms with van der Waals surface area (Å²) in [5, 5.41) is 13.8. The quantitative estimate of drug-likeness (QED) is 0.178. The summed E-state index contributed by atoms with van der Waals surface area (Å²) in [6, 6.07) is 6.56. The number of benzene rings is 1. The van der Waals surface area contributed by atoms with Crippen molar-refractivity contribution in [1.29, 1.82) is 0 Å². The molecule has 0 unspecified atom stereocenters. The largest absolute Gasteiger partial charge is 0.494 e. The van der Waals surface area contributed by atoms with E-state index in [9.17, 15) is 24.3 Å². The number of hydrogen-bond donors (Lipinski definition) is 2. The van der Waals surface area contributed by atoms with Gasteiger partial charge in [0, 0.05) is 49.0 Å².